The zero-order valence-corrected chi connectivity index (χ0v) is 15.2. The van der Waals surface area contributed by atoms with E-state index in [1.54, 1.807) is 0 Å². The second-order valence-electron chi connectivity index (χ2n) is 7.25. The highest BCUT2D eigenvalue weighted by molar-refractivity contribution is 6.34. The molecule has 0 aromatic heterocycles. The van der Waals surface area contributed by atoms with Crippen LogP contribution < -0.4 is 10.6 Å². The summed E-state index contributed by atoms with van der Waals surface area (Å²) in [7, 11) is 0. The van der Waals surface area contributed by atoms with E-state index in [1.807, 2.05) is 26.0 Å². The first-order chi connectivity index (χ1) is 10.9. The van der Waals surface area contributed by atoms with Crippen LogP contribution in [0, 0.1) is 11.3 Å². The van der Waals surface area contributed by atoms with E-state index in [0.717, 1.165) is 54.9 Å². The minimum absolute atomic E-state index is 0.0360. The predicted molar refractivity (Wildman–Crippen MR) is 95.0 cm³/mol. The van der Waals surface area contributed by atoms with E-state index in [2.05, 4.69) is 10.6 Å². The normalized spacial score (nSPS) is 24.3. The molecule has 1 aliphatic heterocycles. The molecule has 2 atom stereocenters. The molecule has 2 unspecified atom stereocenters. The molecule has 0 bridgehead atoms. The Morgan fingerprint density at radius 2 is 2.00 bits per heavy atom. The van der Waals surface area contributed by atoms with E-state index in [1.165, 1.54) is 0 Å². The van der Waals surface area contributed by atoms with Crippen LogP contribution in [0.5, 0.6) is 0 Å². The van der Waals surface area contributed by atoms with Crippen molar-refractivity contribution in [2.45, 2.75) is 45.6 Å². The van der Waals surface area contributed by atoms with Gasteiger partial charge in [0.2, 0.25) is 5.91 Å². The fourth-order valence-corrected chi connectivity index (χ4v) is 4.38. The maximum atomic E-state index is 12.9. The van der Waals surface area contributed by atoms with E-state index in [0.29, 0.717) is 10.9 Å². The van der Waals surface area contributed by atoms with Gasteiger partial charge in [-0.25, -0.2) is 0 Å². The van der Waals surface area contributed by atoms with Crippen LogP contribution in [0.3, 0.4) is 0 Å². The third-order valence-electron chi connectivity index (χ3n) is 5.49. The summed E-state index contributed by atoms with van der Waals surface area (Å²) in [5.41, 5.74) is 1.72. The first-order valence-electron chi connectivity index (χ1n) is 8.39. The number of nitrogens with one attached hydrogen (secondary N) is 2. The standard InChI is InChI=1S/C18H24Cl2N2O/c1-18(2,11-8-9-21-10-11)17(23)22-15-5-3-4-12-13(19)6-7-14(20)16(12)15/h6-7,11,15,21H,3-5,8-10H2,1-2H3,(H,22,23). The highest BCUT2D eigenvalue weighted by Crippen LogP contribution is 2.40. The Hall–Kier alpha value is -0.770. The number of amides is 1. The molecule has 3 nitrogen and oxygen atoms in total. The summed E-state index contributed by atoms with van der Waals surface area (Å²) in [6.45, 7) is 6.00. The van der Waals surface area contributed by atoms with Crippen LogP contribution in [0.4, 0.5) is 0 Å². The summed E-state index contributed by atoms with van der Waals surface area (Å²) >= 11 is 12.7. The van der Waals surface area contributed by atoms with Gasteiger partial charge in [0.15, 0.2) is 0 Å². The fraction of sp³-hybridized carbons (Fsp3) is 0.611. The zero-order chi connectivity index (χ0) is 16.6. The van der Waals surface area contributed by atoms with Crippen molar-refractivity contribution in [1.29, 1.82) is 0 Å². The summed E-state index contributed by atoms with van der Waals surface area (Å²) in [5, 5.41) is 8.06. The number of carbonyl (C=O) groups is 1. The fourth-order valence-electron chi connectivity index (χ4n) is 3.81. The molecule has 1 aliphatic carbocycles. The highest BCUT2D eigenvalue weighted by atomic mass is 35.5. The summed E-state index contributed by atoms with van der Waals surface area (Å²) in [6.07, 6.45) is 3.91. The molecular formula is C18H24Cl2N2O. The Balaban J connectivity index is 1.82. The molecule has 1 fully saturated rings. The SMILES string of the molecule is CC(C)(C(=O)NC1CCCc2c(Cl)ccc(Cl)c21)C1CCNC1. The van der Waals surface area contributed by atoms with Gasteiger partial charge in [0.25, 0.3) is 0 Å². The van der Waals surface area contributed by atoms with Gasteiger partial charge in [-0.15, -0.1) is 0 Å². The van der Waals surface area contributed by atoms with Crippen molar-refractivity contribution in [3.8, 4) is 0 Å². The van der Waals surface area contributed by atoms with Crippen molar-refractivity contribution < 1.29 is 4.79 Å². The van der Waals surface area contributed by atoms with Crippen LogP contribution in [0.2, 0.25) is 10.0 Å². The van der Waals surface area contributed by atoms with E-state index in [4.69, 9.17) is 23.2 Å². The van der Waals surface area contributed by atoms with Crippen LogP contribution in [0.1, 0.15) is 50.3 Å². The number of hydrogen-bond acceptors (Lipinski definition) is 2. The van der Waals surface area contributed by atoms with Crippen molar-refractivity contribution in [2.75, 3.05) is 13.1 Å². The van der Waals surface area contributed by atoms with Gasteiger partial charge in [-0.3, -0.25) is 4.79 Å². The van der Waals surface area contributed by atoms with Crippen molar-refractivity contribution >= 4 is 29.1 Å². The number of halogens is 2. The molecule has 0 saturated carbocycles. The lowest BCUT2D eigenvalue weighted by atomic mass is 9.76. The van der Waals surface area contributed by atoms with Gasteiger partial charge < -0.3 is 10.6 Å². The Bertz CT molecular complexity index is 609. The molecule has 5 heteroatoms. The molecule has 23 heavy (non-hydrogen) atoms. The maximum absolute atomic E-state index is 12.9. The number of rotatable bonds is 3. The minimum atomic E-state index is -0.383. The average molecular weight is 355 g/mol. The quantitative estimate of drug-likeness (QED) is 0.856. The van der Waals surface area contributed by atoms with Crippen LogP contribution >= 0.6 is 23.2 Å². The van der Waals surface area contributed by atoms with Gasteiger partial charge in [0.1, 0.15) is 0 Å². The first kappa shape index (κ1) is 17.1. The van der Waals surface area contributed by atoms with Gasteiger partial charge in [-0.2, -0.15) is 0 Å². The maximum Gasteiger partial charge on any atom is 0.226 e. The van der Waals surface area contributed by atoms with Crippen LogP contribution in [-0.4, -0.2) is 19.0 Å². The molecule has 2 aliphatic rings. The Morgan fingerprint density at radius 3 is 2.70 bits per heavy atom. The van der Waals surface area contributed by atoms with Crippen LogP contribution in [0.15, 0.2) is 12.1 Å². The molecule has 1 amide bonds. The molecular weight excluding hydrogens is 331 g/mol. The van der Waals surface area contributed by atoms with Crippen molar-refractivity contribution in [3.63, 3.8) is 0 Å². The topological polar surface area (TPSA) is 41.1 Å². The molecule has 0 spiro atoms. The van der Waals surface area contributed by atoms with Gasteiger partial charge in [0, 0.05) is 15.5 Å². The second-order valence-corrected chi connectivity index (χ2v) is 8.07. The van der Waals surface area contributed by atoms with Gasteiger partial charge in [-0.05, 0) is 68.0 Å². The number of fused-ring (bicyclic) bond motifs is 1. The lowest BCUT2D eigenvalue weighted by Gasteiger charge is -2.34. The molecule has 3 rings (SSSR count). The van der Waals surface area contributed by atoms with E-state index < -0.39 is 0 Å². The average Bonchev–Trinajstić information content (AvgIpc) is 3.06. The number of carbonyl (C=O) groups excluding carboxylic acids is 1. The summed E-state index contributed by atoms with van der Waals surface area (Å²) in [5.74, 6) is 0.487. The van der Waals surface area contributed by atoms with Gasteiger partial charge in [-0.1, -0.05) is 37.0 Å². The van der Waals surface area contributed by atoms with Crippen LogP contribution in [0.25, 0.3) is 0 Å². The Labute approximate surface area is 148 Å². The van der Waals surface area contributed by atoms with E-state index >= 15 is 0 Å². The van der Waals surface area contributed by atoms with Gasteiger partial charge in [0.05, 0.1) is 6.04 Å². The Kier molecular flexibility index (Phi) is 4.91. The lowest BCUT2D eigenvalue weighted by Crippen LogP contribution is -2.44. The largest absolute Gasteiger partial charge is 0.349 e. The third-order valence-corrected chi connectivity index (χ3v) is 6.17. The molecule has 2 N–H and O–H groups in total. The molecule has 1 aromatic rings. The monoisotopic (exact) mass is 354 g/mol. The molecule has 0 radical (unpaired) electrons. The predicted octanol–water partition coefficient (Wildman–Crippen LogP) is 4.12. The van der Waals surface area contributed by atoms with E-state index in [-0.39, 0.29) is 17.4 Å². The minimum Gasteiger partial charge on any atom is -0.349 e. The van der Waals surface area contributed by atoms with Crippen molar-refractivity contribution in [1.82, 2.24) is 10.6 Å². The van der Waals surface area contributed by atoms with Crippen molar-refractivity contribution in [3.05, 3.63) is 33.3 Å². The number of benzene rings is 1. The summed E-state index contributed by atoms with van der Waals surface area (Å²) < 4.78 is 0. The zero-order valence-electron chi connectivity index (χ0n) is 13.7. The summed E-state index contributed by atoms with van der Waals surface area (Å²) in [6, 6.07) is 3.64. The molecule has 1 aromatic carbocycles. The second kappa shape index (κ2) is 6.62. The van der Waals surface area contributed by atoms with Crippen molar-refractivity contribution in [2.24, 2.45) is 11.3 Å². The lowest BCUT2D eigenvalue weighted by molar-refractivity contribution is -0.132. The van der Waals surface area contributed by atoms with E-state index in [9.17, 15) is 4.79 Å². The summed E-state index contributed by atoms with van der Waals surface area (Å²) in [4.78, 5) is 12.9. The molecule has 126 valence electrons. The van der Waals surface area contributed by atoms with Gasteiger partial charge >= 0.3 is 0 Å². The third kappa shape index (κ3) is 3.24. The van der Waals surface area contributed by atoms with Crippen LogP contribution in [-0.2, 0) is 11.2 Å². The smallest absolute Gasteiger partial charge is 0.226 e. The highest BCUT2D eigenvalue weighted by Gasteiger charge is 2.39. The first-order valence-corrected chi connectivity index (χ1v) is 9.15. The molecule has 1 heterocycles. The molecule has 1 saturated heterocycles. The Morgan fingerprint density at radius 1 is 1.26 bits per heavy atom. The number of hydrogen-bond donors (Lipinski definition) is 2.